The monoisotopic (exact) mass is 605 g/mol. The largest absolute Gasteiger partial charge is 0.381 e. The maximum absolute atomic E-state index is 13.7. The second-order valence-electron chi connectivity index (χ2n) is 12.1. The van der Waals surface area contributed by atoms with E-state index in [4.69, 9.17) is 9.47 Å². The van der Waals surface area contributed by atoms with E-state index < -0.39 is 45.4 Å². The van der Waals surface area contributed by atoms with E-state index in [1.807, 2.05) is 0 Å². The Hall–Kier alpha value is -2.83. The van der Waals surface area contributed by atoms with Gasteiger partial charge in [-0.3, -0.25) is 19.2 Å². The molecule has 42 heavy (non-hydrogen) atoms. The van der Waals surface area contributed by atoms with E-state index >= 15 is 0 Å². The molecule has 2 saturated heterocycles. The van der Waals surface area contributed by atoms with Gasteiger partial charge in [0.1, 0.15) is 17.7 Å². The summed E-state index contributed by atoms with van der Waals surface area (Å²) in [4.78, 5) is 53.1. The molecule has 1 aromatic rings. The Morgan fingerprint density at radius 3 is 2.10 bits per heavy atom. The summed E-state index contributed by atoms with van der Waals surface area (Å²) in [6, 6.07) is 3.37. The molecule has 4 atom stereocenters. The quantitative estimate of drug-likeness (QED) is 0.285. The fourth-order valence-electron chi connectivity index (χ4n) is 5.67. The van der Waals surface area contributed by atoms with Gasteiger partial charge in [0.15, 0.2) is 15.6 Å². The van der Waals surface area contributed by atoms with Crippen LogP contribution in [0.5, 0.6) is 0 Å². The molecule has 11 nitrogen and oxygen atoms in total. The van der Waals surface area contributed by atoms with Crippen molar-refractivity contribution in [1.82, 2.24) is 16.0 Å². The molecule has 1 saturated carbocycles. The van der Waals surface area contributed by atoms with Crippen LogP contribution in [0.25, 0.3) is 0 Å². The van der Waals surface area contributed by atoms with Crippen LogP contribution in [0.15, 0.2) is 29.2 Å². The van der Waals surface area contributed by atoms with Gasteiger partial charge >= 0.3 is 0 Å². The highest BCUT2D eigenvalue weighted by Gasteiger charge is 2.50. The van der Waals surface area contributed by atoms with Crippen LogP contribution in [0.1, 0.15) is 64.4 Å². The summed E-state index contributed by atoms with van der Waals surface area (Å²) in [5, 5.41) is 8.40. The van der Waals surface area contributed by atoms with Crippen LogP contribution < -0.4 is 16.0 Å². The van der Waals surface area contributed by atoms with Gasteiger partial charge in [-0.1, -0.05) is 37.8 Å². The molecule has 0 radical (unpaired) electrons. The topological polar surface area (TPSA) is 160 Å². The molecule has 3 aliphatic rings. The number of nitrogens with one attached hydrogen (secondary N) is 3. The second kappa shape index (κ2) is 13.6. The van der Waals surface area contributed by atoms with Crippen molar-refractivity contribution in [2.24, 2.45) is 11.8 Å². The Balaban J connectivity index is 1.49. The standard InChI is InChI=1S/C30H43N3O8S/c1-19(31-28(36)22-12-14-40-15-13-22)27(35)33-25(17-21-8-10-23(11-9-21)42(3,38)39)29(37)32-24(16-20-6-4-5-7-20)26(34)30(2)18-41-30/h8-11,19-20,22,24-25H,4-7,12-18H2,1-3H3,(H,31,36)(H,32,37)(H,33,35)/t19-,24+,25+,30+/m1/s1. The molecule has 3 N–H and O–H groups in total. The average molecular weight is 606 g/mol. The summed E-state index contributed by atoms with van der Waals surface area (Å²) < 4.78 is 34.5. The van der Waals surface area contributed by atoms with Crippen molar-refractivity contribution in [3.8, 4) is 0 Å². The van der Waals surface area contributed by atoms with Crippen molar-refractivity contribution in [2.75, 3.05) is 26.1 Å². The van der Waals surface area contributed by atoms with Gasteiger partial charge in [-0.05, 0) is 56.7 Å². The first-order chi connectivity index (χ1) is 19.9. The summed E-state index contributed by atoms with van der Waals surface area (Å²) >= 11 is 0. The molecular weight excluding hydrogens is 562 g/mol. The molecule has 0 bridgehead atoms. The molecule has 12 heteroatoms. The summed E-state index contributed by atoms with van der Waals surface area (Å²) in [5.41, 5.74) is -0.294. The molecule has 4 rings (SSSR count). The van der Waals surface area contributed by atoms with Crippen LogP contribution >= 0.6 is 0 Å². The van der Waals surface area contributed by atoms with Crippen LogP contribution in [0.4, 0.5) is 0 Å². The molecule has 0 aromatic heterocycles. The van der Waals surface area contributed by atoms with Crippen molar-refractivity contribution in [3.05, 3.63) is 29.8 Å². The predicted octanol–water partition coefficient (Wildman–Crippen LogP) is 1.47. The highest BCUT2D eigenvalue weighted by Crippen LogP contribution is 2.33. The predicted molar refractivity (Wildman–Crippen MR) is 154 cm³/mol. The number of hydrogen-bond donors (Lipinski definition) is 3. The fourth-order valence-corrected chi connectivity index (χ4v) is 6.30. The lowest BCUT2D eigenvalue weighted by molar-refractivity contribution is -0.135. The van der Waals surface area contributed by atoms with Gasteiger partial charge in [-0.15, -0.1) is 0 Å². The number of ether oxygens (including phenoxy) is 2. The van der Waals surface area contributed by atoms with Crippen molar-refractivity contribution in [2.45, 2.75) is 93.8 Å². The van der Waals surface area contributed by atoms with E-state index in [0.717, 1.165) is 31.9 Å². The summed E-state index contributed by atoms with van der Waals surface area (Å²) in [7, 11) is -3.41. The third-order valence-corrected chi connectivity index (χ3v) is 9.67. The van der Waals surface area contributed by atoms with Gasteiger partial charge in [0, 0.05) is 31.8 Å². The number of rotatable bonds is 13. The minimum absolute atomic E-state index is 0.0559. The van der Waals surface area contributed by atoms with Crippen LogP contribution in [-0.4, -0.2) is 81.7 Å². The second-order valence-corrected chi connectivity index (χ2v) is 14.1. The molecule has 3 amide bonds. The highest BCUT2D eigenvalue weighted by atomic mass is 32.2. The van der Waals surface area contributed by atoms with Crippen LogP contribution in [0.2, 0.25) is 0 Å². The normalized spacial score (nSPS) is 23.4. The first-order valence-corrected chi connectivity index (χ1v) is 16.7. The summed E-state index contributed by atoms with van der Waals surface area (Å²) in [5.74, 6) is -1.41. The van der Waals surface area contributed by atoms with E-state index in [1.54, 1.807) is 26.0 Å². The van der Waals surface area contributed by atoms with E-state index in [1.165, 1.54) is 12.1 Å². The zero-order valence-electron chi connectivity index (χ0n) is 24.6. The third-order valence-electron chi connectivity index (χ3n) is 8.54. The lowest BCUT2D eigenvalue weighted by Crippen LogP contribution is -2.57. The maximum atomic E-state index is 13.7. The van der Waals surface area contributed by atoms with E-state index in [2.05, 4.69) is 16.0 Å². The van der Waals surface area contributed by atoms with Crippen molar-refractivity contribution < 1.29 is 37.1 Å². The van der Waals surface area contributed by atoms with Crippen LogP contribution in [-0.2, 0) is 44.9 Å². The van der Waals surface area contributed by atoms with Gasteiger partial charge in [-0.25, -0.2) is 8.42 Å². The average Bonchev–Trinajstić information content (AvgIpc) is 3.50. The molecular formula is C30H43N3O8S. The van der Waals surface area contributed by atoms with E-state index in [9.17, 15) is 27.6 Å². The van der Waals surface area contributed by atoms with E-state index in [-0.39, 0.29) is 28.9 Å². The van der Waals surface area contributed by atoms with E-state index in [0.29, 0.717) is 50.6 Å². The summed E-state index contributed by atoms with van der Waals surface area (Å²) in [6.07, 6.45) is 7.00. The minimum atomic E-state index is -3.41. The van der Waals surface area contributed by atoms with Crippen molar-refractivity contribution >= 4 is 33.3 Å². The van der Waals surface area contributed by atoms with Crippen molar-refractivity contribution in [1.29, 1.82) is 0 Å². The maximum Gasteiger partial charge on any atom is 0.243 e. The van der Waals surface area contributed by atoms with Gasteiger partial charge < -0.3 is 25.4 Å². The smallest absolute Gasteiger partial charge is 0.243 e. The molecule has 0 unspecified atom stereocenters. The molecule has 0 spiro atoms. The number of epoxide rings is 1. The zero-order valence-corrected chi connectivity index (χ0v) is 25.5. The highest BCUT2D eigenvalue weighted by molar-refractivity contribution is 7.90. The number of carbonyl (C=O) groups is 4. The van der Waals surface area contributed by atoms with Crippen molar-refractivity contribution in [3.63, 3.8) is 0 Å². The Bertz CT molecular complexity index is 1250. The molecule has 2 aliphatic heterocycles. The Morgan fingerprint density at radius 1 is 0.929 bits per heavy atom. The number of ketones is 1. The van der Waals surface area contributed by atoms with Gasteiger partial charge in [0.25, 0.3) is 0 Å². The fraction of sp³-hybridized carbons (Fsp3) is 0.667. The number of carbonyl (C=O) groups excluding carboxylic acids is 4. The number of benzene rings is 1. The third kappa shape index (κ3) is 8.61. The number of sulfone groups is 1. The Kier molecular flexibility index (Phi) is 10.4. The SMILES string of the molecule is C[C@@H](NC(=O)C1CCOCC1)C(=O)N[C@@H](Cc1ccc(S(C)(=O)=O)cc1)C(=O)N[C@@H](CC1CCCC1)C(=O)[C@]1(C)CO1. The van der Waals surface area contributed by atoms with Crippen LogP contribution in [0, 0.1) is 11.8 Å². The Morgan fingerprint density at radius 2 is 1.52 bits per heavy atom. The minimum Gasteiger partial charge on any atom is -0.381 e. The molecule has 2 heterocycles. The lowest BCUT2D eigenvalue weighted by Gasteiger charge is -2.27. The summed E-state index contributed by atoms with van der Waals surface area (Å²) in [6.45, 7) is 4.56. The number of Topliss-reactive ketones (excluding diaryl/α,β-unsaturated/α-hetero) is 1. The first kappa shape index (κ1) is 32.1. The van der Waals surface area contributed by atoms with Gasteiger partial charge in [0.05, 0.1) is 17.5 Å². The first-order valence-electron chi connectivity index (χ1n) is 14.8. The molecule has 1 aliphatic carbocycles. The van der Waals surface area contributed by atoms with Crippen LogP contribution in [0.3, 0.4) is 0 Å². The Labute approximate surface area is 247 Å². The number of hydrogen-bond acceptors (Lipinski definition) is 8. The molecule has 1 aromatic carbocycles. The molecule has 3 fully saturated rings. The van der Waals surface area contributed by atoms with Gasteiger partial charge in [0.2, 0.25) is 17.7 Å². The molecule has 232 valence electrons. The van der Waals surface area contributed by atoms with Gasteiger partial charge in [-0.2, -0.15) is 0 Å². The lowest BCUT2D eigenvalue weighted by atomic mass is 9.90. The number of amides is 3. The zero-order chi connectivity index (χ0) is 30.5.